The molecule has 9 rings (SSSR count). The van der Waals surface area contributed by atoms with Gasteiger partial charge in [-0.25, -0.2) is 15.0 Å². The van der Waals surface area contributed by atoms with Crippen LogP contribution >= 0.6 is 0 Å². The Balaban J connectivity index is 0.980. The number of hydrogen-bond acceptors (Lipinski definition) is 4. The summed E-state index contributed by atoms with van der Waals surface area (Å²) in [7, 11) is 0. The molecule has 0 N–H and O–H groups in total. The maximum absolute atomic E-state index is 4.88. The Morgan fingerprint density at radius 2 is 0.640 bits per heavy atom. The molecule has 0 bridgehead atoms. The Hall–Kier alpha value is -6.78. The molecule has 0 atom stereocenters. The van der Waals surface area contributed by atoms with Crippen LogP contribution in [-0.2, 0) is 0 Å². The minimum absolute atomic E-state index is 0.650. The van der Waals surface area contributed by atoms with Crippen LogP contribution in [0.15, 0.2) is 182 Å². The fraction of sp³-hybridized carbons (Fsp3) is 0. The highest BCUT2D eigenvalue weighted by atomic mass is 15.0. The third-order valence-corrected chi connectivity index (χ3v) is 9.16. The molecule has 234 valence electrons. The molecule has 0 aliphatic rings. The maximum atomic E-state index is 4.88. The summed E-state index contributed by atoms with van der Waals surface area (Å²) >= 11 is 0. The summed E-state index contributed by atoms with van der Waals surface area (Å²) in [6.45, 7) is 0. The Morgan fingerprint density at radius 1 is 0.260 bits per heavy atom. The molecule has 0 fully saturated rings. The van der Waals surface area contributed by atoms with Crippen LogP contribution in [-0.4, -0.2) is 19.9 Å². The number of pyridine rings is 1. The van der Waals surface area contributed by atoms with E-state index in [0.717, 1.165) is 49.8 Å². The van der Waals surface area contributed by atoms with Crippen LogP contribution in [0.2, 0.25) is 0 Å². The fourth-order valence-electron chi connectivity index (χ4n) is 6.44. The second-order valence-electron chi connectivity index (χ2n) is 12.4. The van der Waals surface area contributed by atoms with Gasteiger partial charge in [-0.2, -0.15) is 0 Å². The molecule has 0 spiro atoms. The first kappa shape index (κ1) is 29.4. The average molecular weight is 639 g/mol. The highest BCUT2D eigenvalue weighted by molar-refractivity contribution is 5.91. The lowest BCUT2D eigenvalue weighted by Gasteiger charge is -2.10. The van der Waals surface area contributed by atoms with Crippen molar-refractivity contribution in [2.24, 2.45) is 0 Å². The summed E-state index contributed by atoms with van der Waals surface area (Å²) in [6.07, 6.45) is 1.95. The molecule has 2 aromatic heterocycles. The van der Waals surface area contributed by atoms with Gasteiger partial charge >= 0.3 is 0 Å². The van der Waals surface area contributed by atoms with Crippen LogP contribution in [0.3, 0.4) is 0 Å². The van der Waals surface area contributed by atoms with Crippen LogP contribution in [0.4, 0.5) is 0 Å². The van der Waals surface area contributed by atoms with E-state index in [4.69, 9.17) is 15.0 Å². The number of nitrogens with zero attached hydrogens (tertiary/aromatic N) is 4. The zero-order valence-electron chi connectivity index (χ0n) is 27.1. The van der Waals surface area contributed by atoms with E-state index in [2.05, 4.69) is 108 Å². The molecule has 4 nitrogen and oxygen atoms in total. The largest absolute Gasteiger partial charge is 0.256 e. The van der Waals surface area contributed by atoms with Gasteiger partial charge in [0.2, 0.25) is 0 Å². The molecule has 0 unspecified atom stereocenters. The Morgan fingerprint density at radius 3 is 1.16 bits per heavy atom. The van der Waals surface area contributed by atoms with E-state index in [1.54, 1.807) is 0 Å². The SMILES string of the molecule is c1ccc(-c2nc(-c3ccccc3)nc(-c3ccc(-c4ccc5cc(-c6ccc(-c7cnc8ccccc8c7)cc6)ccc5c4)cc3)n2)cc1. The third kappa shape index (κ3) is 5.80. The van der Waals surface area contributed by atoms with Crippen LogP contribution in [0.5, 0.6) is 0 Å². The molecule has 0 amide bonds. The number of aromatic nitrogens is 4. The summed E-state index contributed by atoms with van der Waals surface area (Å²) < 4.78 is 0. The first-order chi connectivity index (χ1) is 24.7. The summed E-state index contributed by atoms with van der Waals surface area (Å²) in [4.78, 5) is 19.2. The van der Waals surface area contributed by atoms with E-state index in [9.17, 15) is 0 Å². The smallest absolute Gasteiger partial charge is 0.164 e. The Labute approximate surface area is 290 Å². The van der Waals surface area contributed by atoms with Gasteiger partial charge < -0.3 is 0 Å². The van der Waals surface area contributed by atoms with Crippen molar-refractivity contribution >= 4 is 21.7 Å². The standard InChI is InChI=1S/C46H30N4/c1-3-9-34(10-4-1)44-48-45(35-11-5-2-6-12-35)50-46(49-44)36-21-19-32(20-22-36)38-24-26-39-27-37(23-25-40(39)28-38)31-15-17-33(18-16-31)42-29-41-13-7-8-14-43(41)47-30-42/h1-30H. The highest BCUT2D eigenvalue weighted by Crippen LogP contribution is 2.32. The second kappa shape index (κ2) is 12.7. The molecular weight excluding hydrogens is 609 g/mol. The van der Waals surface area contributed by atoms with E-state index in [0.29, 0.717) is 17.5 Å². The number of para-hydroxylation sites is 1. The van der Waals surface area contributed by atoms with Gasteiger partial charge in [0.15, 0.2) is 17.5 Å². The van der Waals surface area contributed by atoms with Crippen LogP contribution in [0.1, 0.15) is 0 Å². The van der Waals surface area contributed by atoms with Gasteiger partial charge in [0.25, 0.3) is 0 Å². The Kier molecular flexibility index (Phi) is 7.45. The maximum Gasteiger partial charge on any atom is 0.164 e. The van der Waals surface area contributed by atoms with E-state index in [-0.39, 0.29) is 0 Å². The normalized spacial score (nSPS) is 11.2. The molecule has 50 heavy (non-hydrogen) atoms. The predicted octanol–water partition coefficient (Wildman–Crippen LogP) is 11.6. The van der Waals surface area contributed by atoms with Gasteiger partial charge in [-0.05, 0) is 62.9 Å². The molecule has 7 aromatic carbocycles. The molecule has 0 saturated carbocycles. The summed E-state index contributed by atoms with van der Waals surface area (Å²) in [6, 6.07) is 61.1. The fourth-order valence-corrected chi connectivity index (χ4v) is 6.44. The van der Waals surface area contributed by atoms with Crippen molar-refractivity contribution in [3.8, 4) is 67.5 Å². The lowest BCUT2D eigenvalue weighted by atomic mass is 9.96. The van der Waals surface area contributed by atoms with Gasteiger partial charge in [-0.3, -0.25) is 4.98 Å². The molecule has 0 aliphatic carbocycles. The highest BCUT2D eigenvalue weighted by Gasteiger charge is 2.13. The van der Waals surface area contributed by atoms with Crippen LogP contribution < -0.4 is 0 Å². The van der Waals surface area contributed by atoms with Gasteiger partial charge in [-0.15, -0.1) is 0 Å². The van der Waals surface area contributed by atoms with Crippen molar-refractivity contribution in [2.75, 3.05) is 0 Å². The van der Waals surface area contributed by atoms with Crippen molar-refractivity contribution < 1.29 is 0 Å². The molecule has 0 radical (unpaired) electrons. The van der Waals surface area contributed by atoms with E-state index in [1.165, 1.54) is 21.9 Å². The van der Waals surface area contributed by atoms with Gasteiger partial charge in [0, 0.05) is 33.8 Å². The van der Waals surface area contributed by atoms with Gasteiger partial charge in [-0.1, -0.05) is 152 Å². The summed E-state index contributed by atoms with van der Waals surface area (Å²) in [5, 5.41) is 3.56. The lowest BCUT2D eigenvalue weighted by molar-refractivity contribution is 1.07. The van der Waals surface area contributed by atoms with Crippen molar-refractivity contribution in [1.29, 1.82) is 0 Å². The monoisotopic (exact) mass is 638 g/mol. The molecule has 0 saturated heterocycles. The first-order valence-electron chi connectivity index (χ1n) is 16.7. The summed E-state index contributed by atoms with van der Waals surface area (Å²) in [5.41, 5.74) is 10.8. The van der Waals surface area contributed by atoms with E-state index < -0.39 is 0 Å². The minimum atomic E-state index is 0.650. The summed E-state index contributed by atoms with van der Waals surface area (Å²) in [5.74, 6) is 1.97. The molecule has 0 aliphatic heterocycles. The molecule has 4 heteroatoms. The first-order valence-corrected chi connectivity index (χ1v) is 16.7. The molecular formula is C46H30N4. The zero-order valence-corrected chi connectivity index (χ0v) is 27.1. The second-order valence-corrected chi connectivity index (χ2v) is 12.4. The topological polar surface area (TPSA) is 51.6 Å². The van der Waals surface area contributed by atoms with Crippen LogP contribution in [0, 0.1) is 0 Å². The lowest BCUT2D eigenvalue weighted by Crippen LogP contribution is -2.00. The zero-order chi connectivity index (χ0) is 33.3. The van der Waals surface area contributed by atoms with E-state index in [1.807, 2.05) is 79.0 Å². The number of rotatable bonds is 6. The quantitative estimate of drug-likeness (QED) is 0.182. The van der Waals surface area contributed by atoms with Gasteiger partial charge in [0.05, 0.1) is 5.52 Å². The van der Waals surface area contributed by atoms with Crippen LogP contribution in [0.25, 0.3) is 89.2 Å². The third-order valence-electron chi connectivity index (χ3n) is 9.16. The average Bonchev–Trinajstić information content (AvgIpc) is 3.21. The number of hydrogen-bond donors (Lipinski definition) is 0. The van der Waals surface area contributed by atoms with Crippen molar-refractivity contribution in [3.05, 3.63) is 182 Å². The van der Waals surface area contributed by atoms with Gasteiger partial charge in [0.1, 0.15) is 0 Å². The Bertz CT molecular complexity index is 2560. The van der Waals surface area contributed by atoms with Crippen molar-refractivity contribution in [3.63, 3.8) is 0 Å². The number of benzene rings is 7. The molecule has 9 aromatic rings. The van der Waals surface area contributed by atoms with E-state index >= 15 is 0 Å². The molecule has 2 heterocycles. The predicted molar refractivity (Wildman–Crippen MR) is 205 cm³/mol. The number of fused-ring (bicyclic) bond motifs is 2. The van der Waals surface area contributed by atoms with Crippen molar-refractivity contribution in [2.45, 2.75) is 0 Å². The van der Waals surface area contributed by atoms with Crippen molar-refractivity contribution in [1.82, 2.24) is 19.9 Å². The minimum Gasteiger partial charge on any atom is -0.256 e.